The number of carbonyl (C=O) groups is 1. The van der Waals surface area contributed by atoms with E-state index in [1.54, 1.807) is 25.1 Å². The molecule has 4 rings (SSSR count). The summed E-state index contributed by atoms with van der Waals surface area (Å²) in [5.74, 6) is -1.12. The van der Waals surface area contributed by atoms with Gasteiger partial charge in [0.25, 0.3) is 5.91 Å². The zero-order chi connectivity index (χ0) is 25.4. The van der Waals surface area contributed by atoms with E-state index in [1.165, 1.54) is 36.4 Å². The standard InChI is InChI=1S/C21H18N4O7S3/c1-3-31-17-12-13(9-10-16(17)32-35(29,30)14-7-5-4-6-8-14)11-15-18(22)25-20(23-19(15)26)33-24-21(25)34(2,27)28/h4-12,22H,3H2,1-2H3/b15-11-,22-18?. The molecule has 0 radical (unpaired) electrons. The second-order valence-corrected chi connectivity index (χ2v) is 11.4. The molecule has 0 fully saturated rings. The molecule has 0 aliphatic carbocycles. The first-order chi connectivity index (χ1) is 16.5. The predicted octanol–water partition coefficient (Wildman–Crippen LogP) is 2.47. The molecule has 0 saturated heterocycles. The van der Waals surface area contributed by atoms with Crippen LogP contribution >= 0.6 is 11.9 Å². The van der Waals surface area contributed by atoms with Gasteiger partial charge in [0, 0.05) is 6.26 Å². The lowest BCUT2D eigenvalue weighted by Crippen LogP contribution is -2.45. The number of carbonyl (C=O) groups excluding carboxylic acids is 1. The van der Waals surface area contributed by atoms with Crippen molar-refractivity contribution >= 4 is 60.1 Å². The zero-order valence-corrected chi connectivity index (χ0v) is 20.8. The SMILES string of the molecule is CCOc1cc(/C=C2/C(=N)N3C(=NC2=O)SN=C3S(C)(=O)=O)ccc1OS(=O)(=O)c1ccccc1. The number of amidine groups is 3. The van der Waals surface area contributed by atoms with E-state index < -0.39 is 36.9 Å². The van der Waals surface area contributed by atoms with E-state index >= 15 is 0 Å². The largest absolute Gasteiger partial charge is 0.490 e. The first kappa shape index (κ1) is 24.6. The van der Waals surface area contributed by atoms with Crippen LogP contribution in [-0.2, 0) is 24.7 Å². The number of fused-ring (bicyclic) bond motifs is 1. The summed E-state index contributed by atoms with van der Waals surface area (Å²) < 4.78 is 63.9. The van der Waals surface area contributed by atoms with Gasteiger partial charge in [0.2, 0.25) is 20.2 Å². The van der Waals surface area contributed by atoms with Gasteiger partial charge in [-0.1, -0.05) is 24.3 Å². The van der Waals surface area contributed by atoms with Gasteiger partial charge in [-0.25, -0.2) is 13.3 Å². The molecule has 11 nitrogen and oxygen atoms in total. The average Bonchev–Trinajstić information content (AvgIpc) is 3.23. The molecule has 0 spiro atoms. The molecule has 14 heteroatoms. The quantitative estimate of drug-likeness (QED) is 0.334. The summed E-state index contributed by atoms with van der Waals surface area (Å²) in [7, 11) is -7.90. The average molecular weight is 535 g/mol. The maximum atomic E-state index is 12.6. The minimum atomic E-state index is -4.12. The van der Waals surface area contributed by atoms with Crippen LogP contribution < -0.4 is 8.92 Å². The van der Waals surface area contributed by atoms with Gasteiger partial charge in [0.05, 0.1) is 24.1 Å². The molecule has 0 atom stereocenters. The van der Waals surface area contributed by atoms with E-state index in [-0.39, 0.29) is 33.7 Å². The van der Waals surface area contributed by atoms with Gasteiger partial charge in [-0.15, -0.1) is 0 Å². The third-order valence-electron chi connectivity index (χ3n) is 4.64. The number of amides is 1. The summed E-state index contributed by atoms with van der Waals surface area (Å²) in [5.41, 5.74) is 0.190. The van der Waals surface area contributed by atoms with Crippen molar-refractivity contribution in [3.8, 4) is 11.5 Å². The summed E-state index contributed by atoms with van der Waals surface area (Å²) in [6.07, 6.45) is 2.27. The van der Waals surface area contributed by atoms with E-state index in [9.17, 15) is 21.6 Å². The van der Waals surface area contributed by atoms with Crippen molar-refractivity contribution in [2.45, 2.75) is 11.8 Å². The normalized spacial score (nSPS) is 17.2. The summed E-state index contributed by atoms with van der Waals surface area (Å²) in [6, 6.07) is 11.9. The molecule has 0 saturated carbocycles. The Morgan fingerprint density at radius 3 is 2.46 bits per heavy atom. The number of nitrogens with one attached hydrogen (secondary N) is 1. The monoisotopic (exact) mass is 534 g/mol. The molecule has 35 heavy (non-hydrogen) atoms. The van der Waals surface area contributed by atoms with Gasteiger partial charge in [-0.05, 0) is 42.8 Å². The first-order valence-corrected chi connectivity index (χ1v) is 14.0. The fourth-order valence-electron chi connectivity index (χ4n) is 3.11. The molecular formula is C21H18N4O7S3. The highest BCUT2D eigenvalue weighted by atomic mass is 32.2. The molecule has 0 unspecified atom stereocenters. The molecule has 0 aromatic heterocycles. The maximum Gasteiger partial charge on any atom is 0.339 e. The number of aliphatic imine (C=N–C) groups is 1. The second-order valence-electron chi connectivity index (χ2n) is 7.17. The lowest BCUT2D eigenvalue weighted by atomic mass is 10.1. The van der Waals surface area contributed by atoms with E-state index in [1.807, 2.05) is 0 Å². The Balaban J connectivity index is 1.69. The molecule has 2 aromatic carbocycles. The van der Waals surface area contributed by atoms with E-state index in [0.29, 0.717) is 17.5 Å². The van der Waals surface area contributed by atoms with Crippen LogP contribution in [-0.4, -0.2) is 56.7 Å². The van der Waals surface area contributed by atoms with E-state index in [4.69, 9.17) is 14.3 Å². The highest BCUT2D eigenvalue weighted by Crippen LogP contribution is 2.33. The molecule has 1 amide bonds. The lowest BCUT2D eigenvalue weighted by Gasteiger charge is -2.23. The van der Waals surface area contributed by atoms with Gasteiger partial charge in [0.1, 0.15) is 10.7 Å². The Labute approximate surface area is 205 Å². The van der Waals surface area contributed by atoms with Crippen LogP contribution in [0.25, 0.3) is 6.08 Å². The summed E-state index contributed by atoms with van der Waals surface area (Å²) in [5, 5.41) is 8.00. The Kier molecular flexibility index (Phi) is 6.53. The Morgan fingerprint density at radius 1 is 1.09 bits per heavy atom. The summed E-state index contributed by atoms with van der Waals surface area (Å²) in [6.45, 7) is 1.90. The molecule has 2 aromatic rings. The Hall–Kier alpha value is -3.49. The van der Waals surface area contributed by atoms with Crippen LogP contribution in [0.3, 0.4) is 0 Å². The van der Waals surface area contributed by atoms with Gasteiger partial charge in [0.15, 0.2) is 11.5 Å². The summed E-state index contributed by atoms with van der Waals surface area (Å²) in [4.78, 5) is 17.4. The third-order valence-corrected chi connectivity index (χ3v) is 7.64. The molecule has 182 valence electrons. The number of hydrogen-bond donors (Lipinski definition) is 1. The predicted molar refractivity (Wildman–Crippen MR) is 132 cm³/mol. The smallest absolute Gasteiger partial charge is 0.339 e. The van der Waals surface area contributed by atoms with Crippen molar-refractivity contribution in [1.82, 2.24) is 4.90 Å². The van der Waals surface area contributed by atoms with Gasteiger partial charge in [-0.3, -0.25) is 10.2 Å². The molecule has 2 aliphatic rings. The van der Waals surface area contributed by atoms with E-state index in [0.717, 1.165) is 11.2 Å². The van der Waals surface area contributed by atoms with Crippen LogP contribution in [0, 0.1) is 5.41 Å². The van der Waals surface area contributed by atoms with Crippen molar-refractivity contribution in [3.05, 3.63) is 59.7 Å². The number of nitrogens with zero attached hydrogens (tertiary/aromatic N) is 3. The number of rotatable bonds is 6. The van der Waals surface area contributed by atoms with Crippen LogP contribution in [0.4, 0.5) is 0 Å². The molecule has 2 aliphatic heterocycles. The fourth-order valence-corrected chi connectivity index (χ4v) is 5.92. The number of ether oxygens (including phenoxy) is 1. The second kappa shape index (κ2) is 9.28. The Bertz CT molecular complexity index is 1530. The fraction of sp³-hybridized carbons (Fsp3) is 0.143. The zero-order valence-electron chi connectivity index (χ0n) is 18.3. The number of benzene rings is 2. The van der Waals surface area contributed by atoms with Crippen molar-refractivity contribution in [1.29, 1.82) is 5.41 Å². The lowest BCUT2D eigenvalue weighted by molar-refractivity contribution is -0.114. The van der Waals surface area contributed by atoms with Crippen LogP contribution in [0.1, 0.15) is 12.5 Å². The summed E-state index contributed by atoms with van der Waals surface area (Å²) >= 11 is 0.694. The number of sulfone groups is 1. The van der Waals surface area contributed by atoms with Gasteiger partial charge >= 0.3 is 10.1 Å². The molecule has 0 bridgehead atoms. The van der Waals surface area contributed by atoms with Crippen molar-refractivity contribution in [3.63, 3.8) is 0 Å². The third kappa shape index (κ3) is 4.99. The maximum absolute atomic E-state index is 12.6. The van der Waals surface area contributed by atoms with Crippen LogP contribution in [0.2, 0.25) is 0 Å². The van der Waals surface area contributed by atoms with Crippen LogP contribution in [0.5, 0.6) is 11.5 Å². The minimum Gasteiger partial charge on any atom is -0.490 e. The van der Waals surface area contributed by atoms with Gasteiger partial charge < -0.3 is 8.92 Å². The van der Waals surface area contributed by atoms with Gasteiger partial charge in [-0.2, -0.15) is 17.8 Å². The first-order valence-electron chi connectivity index (χ1n) is 9.96. The van der Waals surface area contributed by atoms with E-state index in [2.05, 4.69) is 9.39 Å². The topological polar surface area (TPSA) is 156 Å². The van der Waals surface area contributed by atoms with Crippen molar-refractivity contribution < 1.29 is 30.6 Å². The van der Waals surface area contributed by atoms with Crippen molar-refractivity contribution in [2.75, 3.05) is 12.9 Å². The highest BCUT2D eigenvalue weighted by molar-refractivity contribution is 8.16. The molecule has 1 N–H and O–H groups in total. The molecular weight excluding hydrogens is 516 g/mol. The highest BCUT2D eigenvalue weighted by Gasteiger charge is 2.41. The molecule has 2 heterocycles. The number of hydrogen-bond acceptors (Lipinski definition) is 10. The van der Waals surface area contributed by atoms with Crippen LogP contribution in [0.15, 0.2) is 68.4 Å². The van der Waals surface area contributed by atoms with Crippen molar-refractivity contribution in [2.24, 2.45) is 9.39 Å². The Morgan fingerprint density at radius 2 is 1.80 bits per heavy atom. The minimum absolute atomic E-state index is 0.0255.